The van der Waals surface area contributed by atoms with Crippen LogP contribution in [0.4, 0.5) is 11.4 Å². The molecule has 0 aromatic heterocycles. The molecule has 2 aromatic rings. The third kappa shape index (κ3) is 2.61. The Kier molecular flexibility index (Phi) is 3.60. The number of benzene rings is 2. The predicted octanol–water partition coefficient (Wildman–Crippen LogP) is 3.82. The molecule has 1 aliphatic heterocycles. The Morgan fingerprint density at radius 3 is 2.81 bits per heavy atom. The van der Waals surface area contributed by atoms with Crippen LogP contribution in [0.15, 0.2) is 36.4 Å². The van der Waals surface area contributed by atoms with Crippen LogP contribution in [-0.4, -0.2) is 12.5 Å². The van der Waals surface area contributed by atoms with Crippen molar-refractivity contribution in [2.24, 2.45) is 0 Å². The molecule has 21 heavy (non-hydrogen) atoms. The highest BCUT2D eigenvalue weighted by atomic mass is 35.5. The van der Waals surface area contributed by atoms with Crippen molar-refractivity contribution >= 4 is 28.9 Å². The van der Waals surface area contributed by atoms with Crippen LogP contribution in [0, 0.1) is 6.92 Å². The Hall–Kier alpha value is -2.00. The Bertz CT molecular complexity index is 712. The number of amides is 1. The molecule has 0 fully saturated rings. The maximum Gasteiger partial charge on any atom is 0.260 e. The molecule has 108 valence electrons. The lowest BCUT2D eigenvalue weighted by molar-refractivity contribution is 0.0986. The van der Waals surface area contributed by atoms with E-state index in [2.05, 4.69) is 13.0 Å². The molecule has 0 unspecified atom stereocenters. The van der Waals surface area contributed by atoms with Crippen LogP contribution >= 0.6 is 11.6 Å². The van der Waals surface area contributed by atoms with Crippen LogP contribution in [-0.2, 0) is 6.42 Å². The Morgan fingerprint density at radius 2 is 2.05 bits per heavy atom. The highest BCUT2D eigenvalue weighted by Gasteiger charge is 2.24. The zero-order valence-corrected chi connectivity index (χ0v) is 12.7. The van der Waals surface area contributed by atoms with Crippen molar-refractivity contribution in [3.05, 3.63) is 58.1 Å². The Labute approximate surface area is 129 Å². The smallest absolute Gasteiger partial charge is 0.260 e. The maximum atomic E-state index is 12.8. The van der Waals surface area contributed by atoms with Crippen LogP contribution in [0.5, 0.6) is 0 Å². The number of carbonyl (C=O) groups excluding carboxylic acids is 1. The fourth-order valence-corrected chi connectivity index (χ4v) is 2.99. The molecule has 0 saturated carbocycles. The molecular weight excluding hydrogens is 284 g/mol. The average Bonchev–Trinajstić information content (AvgIpc) is 2.45. The molecule has 3 rings (SSSR count). The van der Waals surface area contributed by atoms with Crippen LogP contribution in [0.25, 0.3) is 0 Å². The van der Waals surface area contributed by atoms with E-state index >= 15 is 0 Å². The van der Waals surface area contributed by atoms with Gasteiger partial charge in [0.05, 0.1) is 5.56 Å². The zero-order valence-electron chi connectivity index (χ0n) is 11.9. The lowest BCUT2D eigenvalue weighted by Gasteiger charge is -2.30. The number of nitrogens with zero attached hydrogens (tertiary/aromatic N) is 1. The van der Waals surface area contributed by atoms with Crippen molar-refractivity contribution in [3.8, 4) is 0 Å². The van der Waals surface area contributed by atoms with Crippen molar-refractivity contribution in [1.82, 2.24) is 0 Å². The number of fused-ring (bicyclic) bond motifs is 1. The van der Waals surface area contributed by atoms with E-state index in [-0.39, 0.29) is 5.91 Å². The van der Waals surface area contributed by atoms with Gasteiger partial charge in [-0.1, -0.05) is 29.3 Å². The number of rotatable bonds is 1. The quantitative estimate of drug-likeness (QED) is 0.814. The molecule has 2 N–H and O–H groups in total. The van der Waals surface area contributed by atoms with E-state index in [1.807, 2.05) is 17.0 Å². The number of halogens is 1. The summed E-state index contributed by atoms with van der Waals surface area (Å²) < 4.78 is 0. The van der Waals surface area contributed by atoms with E-state index in [1.165, 1.54) is 11.1 Å². The first-order valence-corrected chi connectivity index (χ1v) is 7.40. The molecule has 1 amide bonds. The minimum absolute atomic E-state index is 0.0611. The third-order valence-corrected chi connectivity index (χ3v) is 4.08. The first-order chi connectivity index (χ1) is 10.1. The molecule has 3 nitrogen and oxygen atoms in total. The summed E-state index contributed by atoms with van der Waals surface area (Å²) in [5.41, 5.74) is 10.3. The van der Waals surface area contributed by atoms with Gasteiger partial charge in [0.2, 0.25) is 0 Å². The summed E-state index contributed by atoms with van der Waals surface area (Å²) in [6.07, 6.45) is 1.98. The number of carbonyl (C=O) groups is 1. The Balaban J connectivity index is 2.00. The third-order valence-electron chi connectivity index (χ3n) is 3.84. The first-order valence-electron chi connectivity index (χ1n) is 7.02. The highest BCUT2D eigenvalue weighted by molar-refractivity contribution is 6.31. The van der Waals surface area contributed by atoms with Crippen molar-refractivity contribution in [2.75, 3.05) is 17.2 Å². The first kappa shape index (κ1) is 14.0. The van der Waals surface area contributed by atoms with Gasteiger partial charge in [-0.3, -0.25) is 4.79 Å². The standard InChI is InChI=1S/C17H17ClN2O/c1-11-4-7-16-12(9-11)3-2-8-20(16)17(21)14-6-5-13(18)10-15(14)19/h4-7,9-10H,2-3,8,19H2,1H3. The highest BCUT2D eigenvalue weighted by Crippen LogP contribution is 2.30. The maximum absolute atomic E-state index is 12.8. The number of anilines is 2. The molecule has 0 saturated heterocycles. The SMILES string of the molecule is Cc1ccc2c(c1)CCCN2C(=O)c1ccc(Cl)cc1N. The van der Waals surface area contributed by atoms with E-state index < -0.39 is 0 Å². The van der Waals surface area contributed by atoms with Crippen LogP contribution in [0.3, 0.4) is 0 Å². The summed E-state index contributed by atoms with van der Waals surface area (Å²) in [5, 5.41) is 0.540. The number of nitrogen functional groups attached to an aromatic ring is 1. The largest absolute Gasteiger partial charge is 0.398 e. The van der Waals surface area contributed by atoms with E-state index in [4.69, 9.17) is 17.3 Å². The fourth-order valence-electron chi connectivity index (χ4n) is 2.81. The molecule has 1 heterocycles. The molecule has 0 atom stereocenters. The number of nitrogens with two attached hydrogens (primary N) is 1. The van der Waals surface area contributed by atoms with E-state index in [1.54, 1.807) is 18.2 Å². The van der Waals surface area contributed by atoms with Crippen molar-refractivity contribution in [3.63, 3.8) is 0 Å². The lowest BCUT2D eigenvalue weighted by Crippen LogP contribution is -2.35. The second-order valence-corrected chi connectivity index (χ2v) is 5.86. The second-order valence-electron chi connectivity index (χ2n) is 5.42. The predicted molar refractivity (Wildman–Crippen MR) is 87.0 cm³/mol. The van der Waals surface area contributed by atoms with Crippen LogP contribution in [0.1, 0.15) is 27.9 Å². The van der Waals surface area contributed by atoms with Gasteiger partial charge in [0.15, 0.2) is 0 Å². The molecule has 0 bridgehead atoms. The molecule has 1 aliphatic rings. The normalized spacial score (nSPS) is 13.9. The minimum Gasteiger partial charge on any atom is -0.398 e. The van der Waals surface area contributed by atoms with Gasteiger partial charge >= 0.3 is 0 Å². The molecule has 0 spiro atoms. The number of hydrogen-bond acceptors (Lipinski definition) is 2. The summed E-state index contributed by atoms with van der Waals surface area (Å²) >= 11 is 5.90. The topological polar surface area (TPSA) is 46.3 Å². The monoisotopic (exact) mass is 300 g/mol. The van der Waals surface area contributed by atoms with Gasteiger partial charge in [-0.05, 0) is 49.6 Å². The summed E-state index contributed by atoms with van der Waals surface area (Å²) in [6.45, 7) is 2.79. The van der Waals surface area contributed by atoms with Gasteiger partial charge in [0, 0.05) is 22.9 Å². The van der Waals surface area contributed by atoms with Crippen molar-refractivity contribution in [2.45, 2.75) is 19.8 Å². The summed E-state index contributed by atoms with van der Waals surface area (Å²) in [5.74, 6) is -0.0611. The van der Waals surface area contributed by atoms with Gasteiger partial charge in [-0.2, -0.15) is 0 Å². The summed E-state index contributed by atoms with van der Waals surface area (Å²) in [6, 6.07) is 11.2. The molecule has 0 radical (unpaired) electrons. The Morgan fingerprint density at radius 1 is 1.24 bits per heavy atom. The molecule has 0 aliphatic carbocycles. The van der Waals surface area contributed by atoms with E-state index in [0.717, 1.165) is 25.1 Å². The average molecular weight is 301 g/mol. The molecule has 2 aromatic carbocycles. The lowest BCUT2D eigenvalue weighted by atomic mass is 9.98. The van der Waals surface area contributed by atoms with Crippen LogP contribution in [0.2, 0.25) is 5.02 Å². The summed E-state index contributed by atoms with van der Waals surface area (Å²) in [4.78, 5) is 14.6. The van der Waals surface area contributed by atoms with Crippen molar-refractivity contribution < 1.29 is 4.79 Å². The van der Waals surface area contributed by atoms with Gasteiger partial charge in [0.1, 0.15) is 0 Å². The fraction of sp³-hybridized carbons (Fsp3) is 0.235. The van der Waals surface area contributed by atoms with Gasteiger partial charge in [0.25, 0.3) is 5.91 Å². The minimum atomic E-state index is -0.0611. The number of aryl methyl sites for hydroxylation is 2. The van der Waals surface area contributed by atoms with Gasteiger partial charge in [-0.15, -0.1) is 0 Å². The van der Waals surface area contributed by atoms with Crippen LogP contribution < -0.4 is 10.6 Å². The molecule has 4 heteroatoms. The number of hydrogen-bond donors (Lipinski definition) is 1. The van der Waals surface area contributed by atoms with E-state index in [0.29, 0.717) is 16.3 Å². The van der Waals surface area contributed by atoms with Gasteiger partial charge in [-0.25, -0.2) is 0 Å². The van der Waals surface area contributed by atoms with E-state index in [9.17, 15) is 4.79 Å². The van der Waals surface area contributed by atoms with Gasteiger partial charge < -0.3 is 10.6 Å². The molecular formula is C17H17ClN2O. The zero-order chi connectivity index (χ0) is 15.0. The van der Waals surface area contributed by atoms with Crippen molar-refractivity contribution in [1.29, 1.82) is 0 Å². The summed E-state index contributed by atoms with van der Waals surface area (Å²) in [7, 11) is 0. The second kappa shape index (κ2) is 5.41.